The maximum absolute atomic E-state index is 12.9. The summed E-state index contributed by atoms with van der Waals surface area (Å²) >= 11 is 0. The molecular weight excluding hydrogens is 735 g/mol. The molecule has 0 aromatic heterocycles. The van der Waals surface area contributed by atoms with E-state index in [1.54, 1.807) is 0 Å². The van der Waals surface area contributed by atoms with Gasteiger partial charge in [0, 0.05) is 6.42 Å². The van der Waals surface area contributed by atoms with Crippen LogP contribution < -0.4 is 5.32 Å². The van der Waals surface area contributed by atoms with Gasteiger partial charge in [-0.1, -0.05) is 153 Å². The van der Waals surface area contributed by atoms with E-state index in [4.69, 9.17) is 9.05 Å². The van der Waals surface area contributed by atoms with Gasteiger partial charge in [-0.25, -0.2) is 4.57 Å². The van der Waals surface area contributed by atoms with Gasteiger partial charge in [0.25, 0.3) is 0 Å². The SMILES string of the molecule is CCCCC/C=C/CC/C=C/CCCC(O)C(O)C(COP(=O)(O)OCC[N+](C)(C)C)NC(=O)CCCCCCCCCCC/C=C\CCCCCCCCCC. The fourth-order valence-corrected chi connectivity index (χ4v) is 7.36. The van der Waals surface area contributed by atoms with Crippen LogP contribution in [-0.4, -0.2) is 84.6 Å². The summed E-state index contributed by atoms with van der Waals surface area (Å²) in [4.78, 5) is 23.2. The molecule has 0 radical (unpaired) electrons. The molecule has 0 aromatic rings. The number of aliphatic hydroxyl groups is 2. The topological polar surface area (TPSA) is 125 Å². The smallest absolute Gasteiger partial charge is 0.390 e. The summed E-state index contributed by atoms with van der Waals surface area (Å²) < 4.78 is 23.5. The van der Waals surface area contributed by atoms with Crippen LogP contribution in [0, 0.1) is 0 Å². The summed E-state index contributed by atoms with van der Waals surface area (Å²) in [6, 6.07) is -1.06. The zero-order chi connectivity index (χ0) is 42.3. The van der Waals surface area contributed by atoms with Gasteiger partial charge in [-0.15, -0.1) is 0 Å². The predicted octanol–water partition coefficient (Wildman–Crippen LogP) is 12.1. The standard InChI is InChI=1S/C47H91N2O7P/c1-6-8-10-12-14-16-18-20-21-22-23-24-25-26-27-28-30-32-34-36-38-40-46(51)48-44(43-56-57(53,54)55-42-41-49(3,4)5)47(52)45(50)39-37-35-33-31-29-19-17-15-13-11-9-7-2/h15,17,22-23,31,33,44-45,47,50,52H,6-14,16,18-21,24-30,32,34-43H2,1-5H3,(H-,48,51,53,54)/p+1/b17-15+,23-22-,33-31+. The van der Waals surface area contributed by atoms with E-state index in [9.17, 15) is 24.5 Å². The average molecular weight is 828 g/mol. The summed E-state index contributed by atoms with van der Waals surface area (Å²) in [6.07, 6.45) is 43.6. The molecule has 57 heavy (non-hydrogen) atoms. The molecule has 4 atom stereocenters. The second kappa shape index (κ2) is 38.9. The molecule has 0 aliphatic rings. The lowest BCUT2D eigenvalue weighted by Gasteiger charge is -2.28. The lowest BCUT2D eigenvalue weighted by Crippen LogP contribution is -2.51. The Morgan fingerprint density at radius 2 is 1.00 bits per heavy atom. The van der Waals surface area contributed by atoms with Crippen molar-refractivity contribution in [2.45, 2.75) is 218 Å². The fourth-order valence-electron chi connectivity index (χ4n) is 6.62. The molecule has 0 aliphatic heterocycles. The molecule has 0 fully saturated rings. The number of unbranched alkanes of at least 4 members (excludes halogenated alkanes) is 22. The number of carbonyl (C=O) groups is 1. The van der Waals surface area contributed by atoms with E-state index in [0.717, 1.165) is 51.4 Å². The minimum absolute atomic E-state index is 0.0132. The second-order valence-electron chi connectivity index (χ2n) is 17.2. The van der Waals surface area contributed by atoms with E-state index >= 15 is 0 Å². The van der Waals surface area contributed by atoms with E-state index in [1.165, 1.54) is 116 Å². The number of phosphoric ester groups is 1. The molecule has 0 rings (SSSR count). The van der Waals surface area contributed by atoms with E-state index in [1.807, 2.05) is 21.1 Å². The molecule has 1 amide bonds. The number of amides is 1. The molecule has 0 bridgehead atoms. The van der Waals surface area contributed by atoms with Crippen LogP contribution in [0.3, 0.4) is 0 Å². The van der Waals surface area contributed by atoms with Crippen LogP contribution in [0.5, 0.6) is 0 Å². The zero-order valence-electron chi connectivity index (χ0n) is 37.7. The monoisotopic (exact) mass is 828 g/mol. The van der Waals surface area contributed by atoms with Crippen molar-refractivity contribution in [1.82, 2.24) is 5.32 Å². The molecule has 0 spiro atoms. The number of hydrogen-bond acceptors (Lipinski definition) is 6. The molecule has 4 N–H and O–H groups in total. The Bertz CT molecular complexity index is 1050. The normalized spacial score (nSPS) is 15.2. The Balaban J connectivity index is 4.43. The van der Waals surface area contributed by atoms with Gasteiger partial charge in [-0.05, 0) is 77.0 Å². The molecule has 0 saturated heterocycles. The minimum atomic E-state index is -4.43. The first-order valence-electron chi connectivity index (χ1n) is 23.4. The van der Waals surface area contributed by atoms with Gasteiger partial charge in [0.15, 0.2) is 0 Å². The van der Waals surface area contributed by atoms with Gasteiger partial charge in [0.1, 0.15) is 19.3 Å². The number of allylic oxidation sites excluding steroid dienone is 6. The highest BCUT2D eigenvalue weighted by Gasteiger charge is 2.31. The average Bonchev–Trinajstić information content (AvgIpc) is 3.16. The number of nitrogens with zero attached hydrogens (tertiary/aromatic N) is 1. The van der Waals surface area contributed by atoms with Gasteiger partial charge in [-0.2, -0.15) is 0 Å². The number of phosphoric acid groups is 1. The third kappa shape index (κ3) is 39.9. The highest BCUT2D eigenvalue weighted by Crippen LogP contribution is 2.43. The van der Waals surface area contributed by atoms with Gasteiger partial charge in [0.05, 0.1) is 39.9 Å². The predicted molar refractivity (Wildman–Crippen MR) is 241 cm³/mol. The van der Waals surface area contributed by atoms with Crippen LogP contribution in [0.4, 0.5) is 0 Å². The van der Waals surface area contributed by atoms with Crippen molar-refractivity contribution in [3.05, 3.63) is 36.5 Å². The first kappa shape index (κ1) is 55.7. The summed E-state index contributed by atoms with van der Waals surface area (Å²) in [6.45, 7) is 4.54. The highest BCUT2D eigenvalue weighted by atomic mass is 31.2. The summed E-state index contributed by atoms with van der Waals surface area (Å²) in [5, 5.41) is 24.6. The molecule has 9 nitrogen and oxygen atoms in total. The van der Waals surface area contributed by atoms with Crippen molar-refractivity contribution >= 4 is 13.7 Å². The number of carbonyl (C=O) groups excluding carboxylic acids is 1. The highest BCUT2D eigenvalue weighted by molar-refractivity contribution is 7.47. The van der Waals surface area contributed by atoms with Crippen molar-refractivity contribution in [3.63, 3.8) is 0 Å². The molecule has 336 valence electrons. The van der Waals surface area contributed by atoms with Crippen LogP contribution in [0.2, 0.25) is 0 Å². The molecule has 0 heterocycles. The molecule has 0 aliphatic carbocycles. The first-order chi connectivity index (χ1) is 27.4. The van der Waals surface area contributed by atoms with Crippen molar-refractivity contribution in [2.75, 3.05) is 40.9 Å². The number of quaternary nitrogens is 1. The molecule has 10 heteroatoms. The van der Waals surface area contributed by atoms with Crippen molar-refractivity contribution in [2.24, 2.45) is 0 Å². The third-order valence-electron chi connectivity index (χ3n) is 10.4. The number of hydrogen-bond donors (Lipinski definition) is 4. The Hall–Kier alpha value is -1.32. The Morgan fingerprint density at radius 3 is 1.49 bits per heavy atom. The summed E-state index contributed by atoms with van der Waals surface area (Å²) in [5.41, 5.74) is 0. The quantitative estimate of drug-likeness (QED) is 0.0209. The third-order valence-corrected chi connectivity index (χ3v) is 11.4. The molecule has 0 saturated carbocycles. The van der Waals surface area contributed by atoms with E-state index in [0.29, 0.717) is 23.9 Å². The van der Waals surface area contributed by atoms with Crippen molar-refractivity contribution in [3.8, 4) is 0 Å². The van der Waals surface area contributed by atoms with Crippen molar-refractivity contribution in [1.29, 1.82) is 0 Å². The fraction of sp³-hybridized carbons (Fsp3) is 0.851. The molecule has 4 unspecified atom stereocenters. The van der Waals surface area contributed by atoms with Gasteiger partial charge in [-0.3, -0.25) is 13.8 Å². The number of nitrogens with one attached hydrogen (secondary N) is 1. The number of aliphatic hydroxyl groups excluding tert-OH is 2. The zero-order valence-corrected chi connectivity index (χ0v) is 38.6. The van der Waals surface area contributed by atoms with Crippen LogP contribution in [0.25, 0.3) is 0 Å². The van der Waals surface area contributed by atoms with Crippen LogP contribution >= 0.6 is 7.82 Å². The lowest BCUT2D eigenvalue weighted by molar-refractivity contribution is -0.870. The molecular formula is C47H92N2O7P+. The summed E-state index contributed by atoms with van der Waals surface area (Å²) in [7, 11) is 1.41. The largest absolute Gasteiger partial charge is 0.472 e. The Kier molecular flexibility index (Phi) is 38.0. The van der Waals surface area contributed by atoms with Gasteiger partial charge in [0.2, 0.25) is 5.91 Å². The summed E-state index contributed by atoms with van der Waals surface area (Å²) in [5.74, 6) is -0.275. The Labute approximate surface area is 351 Å². The van der Waals surface area contributed by atoms with Crippen molar-refractivity contribution < 1.29 is 38.0 Å². The maximum Gasteiger partial charge on any atom is 0.472 e. The number of likely N-dealkylation sites (N-methyl/N-ethyl adjacent to an activating group) is 1. The maximum atomic E-state index is 12.9. The second-order valence-corrected chi connectivity index (χ2v) is 18.7. The van der Waals surface area contributed by atoms with Gasteiger partial charge < -0.3 is 24.9 Å². The first-order valence-corrected chi connectivity index (χ1v) is 24.9. The minimum Gasteiger partial charge on any atom is -0.390 e. The number of rotatable bonds is 42. The Morgan fingerprint density at radius 1 is 0.596 bits per heavy atom. The van der Waals surface area contributed by atoms with E-state index in [2.05, 4.69) is 55.6 Å². The van der Waals surface area contributed by atoms with Crippen LogP contribution in [-0.2, 0) is 18.4 Å². The lowest BCUT2D eigenvalue weighted by atomic mass is 10.0. The molecule has 0 aromatic carbocycles. The van der Waals surface area contributed by atoms with Crippen LogP contribution in [0.1, 0.15) is 200 Å². The van der Waals surface area contributed by atoms with Crippen LogP contribution in [0.15, 0.2) is 36.5 Å². The van der Waals surface area contributed by atoms with E-state index in [-0.39, 0.29) is 18.9 Å². The van der Waals surface area contributed by atoms with E-state index < -0.39 is 32.7 Å². The van der Waals surface area contributed by atoms with Gasteiger partial charge >= 0.3 is 7.82 Å².